The van der Waals surface area contributed by atoms with Gasteiger partial charge < -0.3 is 14.6 Å². The second kappa shape index (κ2) is 9.00. The molecule has 0 saturated carbocycles. The minimum Gasteiger partial charge on any atom is -0.507 e. The van der Waals surface area contributed by atoms with Crippen molar-refractivity contribution < 1.29 is 24.2 Å². The summed E-state index contributed by atoms with van der Waals surface area (Å²) in [6.45, 7) is 4.80. The number of fused-ring (bicyclic) bond motifs is 2. The summed E-state index contributed by atoms with van der Waals surface area (Å²) in [5, 5.41) is 11.8. The number of amides is 1. The number of ether oxygens (including phenoxy) is 2. The zero-order valence-electron chi connectivity index (χ0n) is 19.9. The normalized spacial score (nSPS) is 18.6. The molecule has 1 saturated heterocycles. The molecule has 7 nitrogen and oxygen atoms in total. The van der Waals surface area contributed by atoms with Crippen LogP contribution in [0.5, 0.6) is 11.5 Å². The first kappa shape index (κ1) is 23.7. The van der Waals surface area contributed by atoms with Gasteiger partial charge in [-0.25, -0.2) is 4.98 Å². The Balaban J connectivity index is 1.55. The largest absolute Gasteiger partial charge is 0.507 e. The minimum atomic E-state index is -0.858. The molecule has 4 aromatic rings. The lowest BCUT2D eigenvalue weighted by atomic mass is 9.95. The molecule has 3 aromatic carbocycles. The molecule has 1 fully saturated rings. The highest BCUT2D eigenvalue weighted by Crippen LogP contribution is 2.45. The van der Waals surface area contributed by atoms with E-state index in [0.717, 1.165) is 25.8 Å². The number of benzene rings is 3. The van der Waals surface area contributed by atoms with Crippen LogP contribution in [0.1, 0.15) is 28.3 Å². The van der Waals surface area contributed by atoms with Crippen molar-refractivity contribution in [3.05, 3.63) is 86.9 Å². The number of ketones is 1. The van der Waals surface area contributed by atoms with Gasteiger partial charge in [-0.05, 0) is 66.9 Å². The van der Waals surface area contributed by atoms with Crippen molar-refractivity contribution in [2.75, 3.05) is 18.1 Å². The maximum absolute atomic E-state index is 13.5. The SMILES string of the molecule is Cc1cc(C)c2nc(N3C(=O)C(=O)C(=C(O)c4ccc5c(c4)OCCO5)[C@H]3c3ccc(Br)cc3)sc2c1. The third-order valence-electron chi connectivity index (χ3n) is 6.47. The smallest absolute Gasteiger partial charge is 0.301 e. The van der Waals surface area contributed by atoms with E-state index in [1.54, 1.807) is 18.2 Å². The molecule has 1 aromatic heterocycles. The Labute approximate surface area is 225 Å². The minimum absolute atomic E-state index is 0.00356. The number of Topliss-reactive ketones (excluding diaryl/α,β-unsaturated/α-hetero) is 1. The quantitative estimate of drug-likeness (QED) is 0.181. The van der Waals surface area contributed by atoms with E-state index in [1.807, 2.05) is 50.2 Å². The first-order valence-corrected chi connectivity index (χ1v) is 13.3. The molecule has 2 aliphatic rings. The molecule has 0 unspecified atom stereocenters. The lowest BCUT2D eigenvalue weighted by molar-refractivity contribution is -0.132. The van der Waals surface area contributed by atoms with Crippen LogP contribution in [0.3, 0.4) is 0 Å². The maximum atomic E-state index is 13.5. The molecule has 1 amide bonds. The zero-order chi connectivity index (χ0) is 25.8. The van der Waals surface area contributed by atoms with Crippen LogP contribution in [0.25, 0.3) is 16.0 Å². The van der Waals surface area contributed by atoms with Gasteiger partial charge in [-0.3, -0.25) is 14.5 Å². The molecule has 6 rings (SSSR count). The van der Waals surface area contributed by atoms with Crippen molar-refractivity contribution in [1.82, 2.24) is 4.98 Å². The third kappa shape index (κ3) is 3.98. The first-order valence-electron chi connectivity index (χ1n) is 11.7. The summed E-state index contributed by atoms with van der Waals surface area (Å²) in [5.74, 6) is -0.749. The second-order valence-electron chi connectivity index (χ2n) is 9.00. The van der Waals surface area contributed by atoms with E-state index < -0.39 is 17.7 Å². The van der Waals surface area contributed by atoms with E-state index in [1.165, 1.54) is 16.2 Å². The van der Waals surface area contributed by atoms with Gasteiger partial charge in [0, 0.05) is 10.0 Å². The average molecular weight is 577 g/mol. The Morgan fingerprint density at radius 1 is 1.03 bits per heavy atom. The van der Waals surface area contributed by atoms with Crippen LogP contribution in [0.2, 0.25) is 0 Å². The molecule has 0 bridgehead atoms. The number of hydrogen-bond donors (Lipinski definition) is 1. The summed E-state index contributed by atoms with van der Waals surface area (Å²) in [4.78, 5) is 33.1. The van der Waals surface area contributed by atoms with Gasteiger partial charge in [0.2, 0.25) is 0 Å². The number of carbonyl (C=O) groups excluding carboxylic acids is 2. The van der Waals surface area contributed by atoms with E-state index in [9.17, 15) is 14.7 Å². The highest BCUT2D eigenvalue weighted by molar-refractivity contribution is 9.10. The fourth-order valence-electron chi connectivity index (χ4n) is 4.80. The first-order chi connectivity index (χ1) is 17.8. The monoisotopic (exact) mass is 576 g/mol. The van der Waals surface area contributed by atoms with Gasteiger partial charge in [0.05, 0.1) is 21.8 Å². The molecule has 1 N–H and O–H groups in total. The molecule has 37 heavy (non-hydrogen) atoms. The van der Waals surface area contributed by atoms with Crippen molar-refractivity contribution in [3.8, 4) is 11.5 Å². The van der Waals surface area contributed by atoms with Gasteiger partial charge in [-0.15, -0.1) is 0 Å². The summed E-state index contributed by atoms with van der Waals surface area (Å²) in [6, 6.07) is 15.5. The molecule has 2 aliphatic heterocycles. The fraction of sp³-hybridized carbons (Fsp3) is 0.179. The van der Waals surface area contributed by atoms with Gasteiger partial charge in [0.25, 0.3) is 5.78 Å². The highest BCUT2D eigenvalue weighted by atomic mass is 79.9. The standard InChI is InChI=1S/C28H21BrN2O5S/c1-14-11-15(2)23-21(12-14)37-28(30-23)31-24(16-3-6-18(29)7-4-16)22(26(33)27(31)34)25(32)17-5-8-19-20(13-17)36-10-9-35-19/h3-8,11-13,24,32H,9-10H2,1-2H3/t24-/m1/s1. The maximum Gasteiger partial charge on any atom is 0.301 e. The van der Waals surface area contributed by atoms with Crippen LogP contribution in [0.15, 0.2) is 64.6 Å². The summed E-state index contributed by atoms with van der Waals surface area (Å²) < 4.78 is 13.0. The fourth-order valence-corrected chi connectivity index (χ4v) is 6.23. The number of nitrogens with zero attached hydrogens (tertiary/aromatic N) is 2. The number of hydrogen-bond acceptors (Lipinski definition) is 7. The predicted molar refractivity (Wildman–Crippen MR) is 145 cm³/mol. The van der Waals surface area contributed by atoms with Gasteiger partial charge in [0.1, 0.15) is 19.0 Å². The molecule has 186 valence electrons. The Morgan fingerprint density at radius 3 is 2.51 bits per heavy atom. The van der Waals surface area contributed by atoms with Crippen molar-refractivity contribution in [2.45, 2.75) is 19.9 Å². The predicted octanol–water partition coefficient (Wildman–Crippen LogP) is 6.07. The van der Waals surface area contributed by atoms with Crippen LogP contribution >= 0.6 is 27.3 Å². The van der Waals surface area contributed by atoms with Crippen molar-refractivity contribution in [3.63, 3.8) is 0 Å². The van der Waals surface area contributed by atoms with Crippen LogP contribution in [0.4, 0.5) is 5.13 Å². The lowest BCUT2D eigenvalue weighted by Gasteiger charge is -2.23. The topological polar surface area (TPSA) is 89.0 Å². The molecule has 0 spiro atoms. The van der Waals surface area contributed by atoms with Gasteiger partial charge in [0.15, 0.2) is 16.6 Å². The number of aliphatic hydroxyl groups excluding tert-OH is 1. The number of rotatable bonds is 3. The number of thiazole rings is 1. The molecule has 1 atom stereocenters. The number of anilines is 1. The average Bonchev–Trinajstić information content (AvgIpc) is 3.42. The molecule has 0 aliphatic carbocycles. The Morgan fingerprint density at radius 2 is 1.76 bits per heavy atom. The molecule has 3 heterocycles. The van der Waals surface area contributed by atoms with E-state index in [0.29, 0.717) is 41.0 Å². The highest BCUT2D eigenvalue weighted by Gasteiger charge is 2.48. The van der Waals surface area contributed by atoms with E-state index in [2.05, 4.69) is 15.9 Å². The van der Waals surface area contributed by atoms with Crippen molar-refractivity contribution in [1.29, 1.82) is 0 Å². The van der Waals surface area contributed by atoms with Gasteiger partial charge in [-0.2, -0.15) is 0 Å². The zero-order valence-corrected chi connectivity index (χ0v) is 22.4. The summed E-state index contributed by atoms with van der Waals surface area (Å²) in [7, 11) is 0. The lowest BCUT2D eigenvalue weighted by Crippen LogP contribution is -2.29. The van der Waals surface area contributed by atoms with Gasteiger partial charge >= 0.3 is 5.91 Å². The number of carbonyl (C=O) groups is 2. The Bertz CT molecular complexity index is 1630. The van der Waals surface area contributed by atoms with Crippen LogP contribution in [0, 0.1) is 13.8 Å². The van der Waals surface area contributed by atoms with Crippen molar-refractivity contribution >= 4 is 60.1 Å². The van der Waals surface area contributed by atoms with Crippen molar-refractivity contribution in [2.24, 2.45) is 0 Å². The Kier molecular flexibility index (Phi) is 5.77. The van der Waals surface area contributed by atoms with Crippen LogP contribution < -0.4 is 14.4 Å². The number of halogens is 1. The Hall–Kier alpha value is -3.69. The van der Waals surface area contributed by atoms with Crippen LogP contribution in [-0.4, -0.2) is 35.0 Å². The number of aliphatic hydroxyl groups is 1. The summed E-state index contributed by atoms with van der Waals surface area (Å²) >= 11 is 4.80. The summed E-state index contributed by atoms with van der Waals surface area (Å²) in [5.41, 5.74) is 3.90. The summed E-state index contributed by atoms with van der Waals surface area (Å²) in [6.07, 6.45) is 0. The molecule has 9 heteroatoms. The van der Waals surface area contributed by atoms with Gasteiger partial charge in [-0.1, -0.05) is 45.5 Å². The van der Waals surface area contributed by atoms with E-state index in [4.69, 9.17) is 14.5 Å². The van der Waals surface area contributed by atoms with Crippen LogP contribution in [-0.2, 0) is 9.59 Å². The number of aromatic nitrogens is 1. The number of aryl methyl sites for hydroxylation is 2. The van der Waals surface area contributed by atoms with E-state index in [-0.39, 0.29) is 11.3 Å². The third-order valence-corrected chi connectivity index (χ3v) is 8.00. The molecule has 0 radical (unpaired) electrons. The molecular formula is C28H21BrN2O5S. The molecular weight excluding hydrogens is 556 g/mol. The second-order valence-corrected chi connectivity index (χ2v) is 10.9. The van der Waals surface area contributed by atoms with E-state index >= 15 is 0 Å².